The fourth-order valence-electron chi connectivity index (χ4n) is 3.35. The standard InChI is InChI=1S/C21H19N3O5/c1-12-20(27)23-16-11-14(6-7-17(16)29-12)22-18(25)8-9-24-19(26)10-13-4-2-3-5-15(13)21(24)28/h2-7,11-12H,8-10H2,1H3,(H,22,25)(H,23,27)/t12-/m1/s1. The zero-order chi connectivity index (χ0) is 20.5. The molecule has 148 valence electrons. The SMILES string of the molecule is C[C@H]1Oc2ccc(NC(=O)CCN3C(=O)Cc4ccccc4C3=O)cc2NC1=O. The molecule has 2 N–H and O–H groups in total. The van der Waals surface area contributed by atoms with Gasteiger partial charge in [-0.1, -0.05) is 18.2 Å². The summed E-state index contributed by atoms with van der Waals surface area (Å²) in [4.78, 5) is 50.0. The number of fused-ring (bicyclic) bond motifs is 2. The maximum atomic E-state index is 12.5. The van der Waals surface area contributed by atoms with E-state index in [0.29, 0.717) is 28.3 Å². The van der Waals surface area contributed by atoms with Crippen LogP contribution in [0.2, 0.25) is 0 Å². The van der Waals surface area contributed by atoms with E-state index in [1.165, 1.54) is 0 Å². The van der Waals surface area contributed by atoms with Crippen molar-refractivity contribution in [3.8, 4) is 5.75 Å². The van der Waals surface area contributed by atoms with E-state index in [2.05, 4.69) is 10.6 Å². The van der Waals surface area contributed by atoms with Crippen molar-refractivity contribution < 1.29 is 23.9 Å². The van der Waals surface area contributed by atoms with Crippen molar-refractivity contribution in [2.24, 2.45) is 0 Å². The molecule has 2 heterocycles. The lowest BCUT2D eigenvalue weighted by molar-refractivity contribution is -0.128. The van der Waals surface area contributed by atoms with E-state index >= 15 is 0 Å². The molecule has 29 heavy (non-hydrogen) atoms. The van der Waals surface area contributed by atoms with Crippen molar-refractivity contribution in [2.45, 2.75) is 25.9 Å². The second-order valence-electron chi connectivity index (χ2n) is 6.94. The smallest absolute Gasteiger partial charge is 0.265 e. The molecule has 2 aromatic rings. The van der Waals surface area contributed by atoms with Gasteiger partial charge in [0.2, 0.25) is 11.8 Å². The van der Waals surface area contributed by atoms with E-state index in [1.54, 1.807) is 49.4 Å². The molecule has 0 saturated carbocycles. The summed E-state index contributed by atoms with van der Waals surface area (Å²) < 4.78 is 5.48. The Morgan fingerprint density at radius 2 is 2.00 bits per heavy atom. The van der Waals surface area contributed by atoms with Gasteiger partial charge in [-0.3, -0.25) is 24.1 Å². The summed E-state index contributed by atoms with van der Waals surface area (Å²) in [5.74, 6) is -0.779. The molecule has 4 amide bonds. The topological polar surface area (TPSA) is 105 Å². The highest BCUT2D eigenvalue weighted by Crippen LogP contribution is 2.32. The zero-order valence-corrected chi connectivity index (χ0v) is 15.7. The van der Waals surface area contributed by atoms with Crippen LogP contribution in [0.25, 0.3) is 0 Å². The van der Waals surface area contributed by atoms with E-state index in [4.69, 9.17) is 4.74 Å². The second kappa shape index (κ2) is 7.38. The predicted octanol–water partition coefficient (Wildman–Crippen LogP) is 1.96. The van der Waals surface area contributed by atoms with Gasteiger partial charge in [0.1, 0.15) is 5.75 Å². The largest absolute Gasteiger partial charge is 0.479 e. The van der Waals surface area contributed by atoms with Crippen molar-refractivity contribution in [1.29, 1.82) is 0 Å². The molecule has 2 aliphatic rings. The van der Waals surface area contributed by atoms with Crippen molar-refractivity contribution in [3.63, 3.8) is 0 Å². The van der Waals surface area contributed by atoms with E-state index < -0.39 is 6.10 Å². The van der Waals surface area contributed by atoms with Crippen LogP contribution in [-0.4, -0.2) is 41.2 Å². The lowest BCUT2D eigenvalue weighted by Crippen LogP contribution is -2.43. The number of benzene rings is 2. The number of imide groups is 1. The molecule has 0 saturated heterocycles. The number of nitrogens with zero attached hydrogens (tertiary/aromatic N) is 1. The van der Waals surface area contributed by atoms with Gasteiger partial charge in [-0.25, -0.2) is 0 Å². The summed E-state index contributed by atoms with van der Waals surface area (Å²) in [7, 11) is 0. The third kappa shape index (κ3) is 3.69. The van der Waals surface area contributed by atoms with Gasteiger partial charge in [0.25, 0.3) is 11.8 Å². The molecular weight excluding hydrogens is 374 g/mol. The molecule has 0 aliphatic carbocycles. The minimum atomic E-state index is -0.576. The van der Waals surface area contributed by atoms with Crippen LogP contribution in [0.1, 0.15) is 29.3 Å². The summed E-state index contributed by atoms with van der Waals surface area (Å²) in [6.45, 7) is 1.65. The van der Waals surface area contributed by atoms with E-state index in [9.17, 15) is 19.2 Å². The fourth-order valence-corrected chi connectivity index (χ4v) is 3.35. The molecule has 8 heteroatoms. The lowest BCUT2D eigenvalue weighted by Gasteiger charge is -2.26. The molecule has 1 atom stereocenters. The summed E-state index contributed by atoms with van der Waals surface area (Å²) in [5, 5.41) is 5.43. The molecule has 8 nitrogen and oxygen atoms in total. The van der Waals surface area contributed by atoms with Crippen LogP contribution in [0.5, 0.6) is 5.75 Å². The van der Waals surface area contributed by atoms with E-state index in [-0.39, 0.29) is 43.0 Å². The quantitative estimate of drug-likeness (QED) is 0.773. The Morgan fingerprint density at radius 3 is 2.83 bits per heavy atom. The van der Waals surface area contributed by atoms with Crippen LogP contribution in [0.15, 0.2) is 42.5 Å². The van der Waals surface area contributed by atoms with Gasteiger partial charge in [-0.15, -0.1) is 0 Å². The molecule has 0 aromatic heterocycles. The number of hydrogen-bond donors (Lipinski definition) is 2. The molecule has 0 fully saturated rings. The van der Waals surface area contributed by atoms with Gasteiger partial charge in [0, 0.05) is 24.2 Å². The van der Waals surface area contributed by atoms with Gasteiger partial charge in [0.05, 0.1) is 12.1 Å². The first-order valence-electron chi connectivity index (χ1n) is 9.26. The number of rotatable bonds is 4. The highest BCUT2D eigenvalue weighted by atomic mass is 16.5. The molecule has 0 unspecified atom stereocenters. The number of hydrogen-bond acceptors (Lipinski definition) is 5. The zero-order valence-electron chi connectivity index (χ0n) is 15.7. The Balaban J connectivity index is 1.39. The maximum Gasteiger partial charge on any atom is 0.265 e. The lowest BCUT2D eigenvalue weighted by atomic mass is 9.98. The first kappa shape index (κ1) is 18.7. The van der Waals surface area contributed by atoms with Crippen molar-refractivity contribution >= 4 is 35.0 Å². The van der Waals surface area contributed by atoms with Gasteiger partial charge in [0.15, 0.2) is 6.10 Å². The molecule has 2 aliphatic heterocycles. The van der Waals surface area contributed by atoms with Crippen LogP contribution in [-0.2, 0) is 20.8 Å². The minimum Gasteiger partial charge on any atom is -0.479 e. The number of amides is 4. The van der Waals surface area contributed by atoms with Gasteiger partial charge < -0.3 is 15.4 Å². The summed E-state index contributed by atoms with van der Waals surface area (Å²) in [6, 6.07) is 11.9. The fraction of sp³-hybridized carbons (Fsp3) is 0.238. The highest BCUT2D eigenvalue weighted by molar-refractivity contribution is 6.10. The molecule has 4 rings (SSSR count). The Kier molecular flexibility index (Phi) is 4.75. The van der Waals surface area contributed by atoms with Crippen LogP contribution in [0.3, 0.4) is 0 Å². The number of carbonyl (C=O) groups is 4. The third-order valence-corrected chi connectivity index (χ3v) is 4.89. The maximum absolute atomic E-state index is 12.5. The number of nitrogens with one attached hydrogen (secondary N) is 2. The average Bonchev–Trinajstić information content (AvgIpc) is 2.69. The van der Waals surface area contributed by atoms with Crippen LogP contribution in [0.4, 0.5) is 11.4 Å². The van der Waals surface area contributed by atoms with E-state index in [0.717, 1.165) is 4.90 Å². The number of ether oxygens (including phenoxy) is 1. The van der Waals surface area contributed by atoms with Crippen molar-refractivity contribution in [2.75, 3.05) is 17.2 Å². The summed E-state index contributed by atoms with van der Waals surface area (Å²) >= 11 is 0. The van der Waals surface area contributed by atoms with Crippen LogP contribution >= 0.6 is 0 Å². The molecule has 0 radical (unpaired) electrons. The van der Waals surface area contributed by atoms with E-state index in [1.807, 2.05) is 0 Å². The summed E-state index contributed by atoms with van der Waals surface area (Å²) in [5.41, 5.74) is 2.15. The Morgan fingerprint density at radius 1 is 1.21 bits per heavy atom. The van der Waals surface area contributed by atoms with Gasteiger partial charge in [-0.05, 0) is 36.8 Å². The van der Waals surface area contributed by atoms with Gasteiger partial charge in [-0.2, -0.15) is 0 Å². The Labute approximate surface area is 166 Å². The first-order chi connectivity index (χ1) is 13.9. The molecule has 0 spiro atoms. The minimum absolute atomic E-state index is 0.000136. The highest BCUT2D eigenvalue weighted by Gasteiger charge is 2.30. The molecule has 2 aromatic carbocycles. The molecular formula is C21H19N3O5. The first-order valence-corrected chi connectivity index (χ1v) is 9.26. The van der Waals surface area contributed by atoms with Crippen molar-refractivity contribution in [1.82, 2.24) is 4.90 Å². The Hall–Kier alpha value is -3.68. The Bertz CT molecular complexity index is 1030. The van der Waals surface area contributed by atoms with Gasteiger partial charge >= 0.3 is 0 Å². The second-order valence-corrected chi connectivity index (χ2v) is 6.94. The normalized spacial score (nSPS) is 17.8. The summed E-state index contributed by atoms with van der Waals surface area (Å²) in [6.07, 6.45) is -0.462. The predicted molar refractivity (Wildman–Crippen MR) is 105 cm³/mol. The molecule has 0 bridgehead atoms. The van der Waals surface area contributed by atoms with Crippen LogP contribution in [0, 0.1) is 0 Å². The number of anilines is 2. The monoisotopic (exact) mass is 393 g/mol. The van der Waals surface area contributed by atoms with Crippen molar-refractivity contribution in [3.05, 3.63) is 53.6 Å². The average molecular weight is 393 g/mol. The third-order valence-electron chi connectivity index (χ3n) is 4.89. The number of carbonyl (C=O) groups excluding carboxylic acids is 4. The van der Waals surface area contributed by atoms with Crippen LogP contribution < -0.4 is 15.4 Å².